The molecule has 0 bridgehead atoms. The summed E-state index contributed by atoms with van der Waals surface area (Å²) in [5, 5.41) is 10.3. The van der Waals surface area contributed by atoms with Crippen molar-refractivity contribution in [1.29, 1.82) is 5.26 Å². The lowest BCUT2D eigenvalue weighted by molar-refractivity contribution is 0.515. The standard InChI is InChI=1S/C15H9NO2S/c16-9-11-5-7-12(8-6-11)18-14-10-19(17)15-4-2-1-3-13(14)15/h1-8,10H. The van der Waals surface area contributed by atoms with Crippen molar-refractivity contribution in [1.82, 2.24) is 0 Å². The second-order valence-corrected chi connectivity index (χ2v) is 5.28. The molecule has 1 atom stereocenters. The van der Waals surface area contributed by atoms with Crippen molar-refractivity contribution in [2.24, 2.45) is 0 Å². The van der Waals surface area contributed by atoms with E-state index in [-0.39, 0.29) is 0 Å². The van der Waals surface area contributed by atoms with Gasteiger partial charge in [-0.05, 0) is 36.4 Å². The summed E-state index contributed by atoms with van der Waals surface area (Å²) in [6, 6.07) is 16.3. The van der Waals surface area contributed by atoms with Crippen LogP contribution in [0.1, 0.15) is 11.1 Å². The van der Waals surface area contributed by atoms with Crippen molar-refractivity contribution in [3.63, 3.8) is 0 Å². The number of nitrogens with zero attached hydrogens (tertiary/aromatic N) is 1. The van der Waals surface area contributed by atoms with E-state index < -0.39 is 10.8 Å². The maximum Gasteiger partial charge on any atom is 0.145 e. The van der Waals surface area contributed by atoms with E-state index in [1.54, 1.807) is 29.7 Å². The van der Waals surface area contributed by atoms with E-state index >= 15 is 0 Å². The van der Waals surface area contributed by atoms with Gasteiger partial charge in [0.1, 0.15) is 11.5 Å². The van der Waals surface area contributed by atoms with Crippen molar-refractivity contribution in [3.8, 4) is 11.8 Å². The second-order valence-electron chi connectivity index (χ2n) is 4.01. The van der Waals surface area contributed by atoms with E-state index in [0.717, 1.165) is 10.5 Å². The molecule has 0 amide bonds. The zero-order valence-corrected chi connectivity index (χ0v) is 10.7. The third kappa shape index (κ3) is 2.16. The Kier molecular flexibility index (Phi) is 2.90. The number of benzene rings is 2. The Morgan fingerprint density at radius 1 is 1.05 bits per heavy atom. The predicted octanol–water partition coefficient (Wildman–Crippen LogP) is 3.06. The number of hydrogen-bond acceptors (Lipinski definition) is 3. The summed E-state index contributed by atoms with van der Waals surface area (Å²) in [4.78, 5) is 0.770. The molecular formula is C15H9NO2S. The molecule has 4 heteroatoms. The lowest BCUT2D eigenvalue weighted by Gasteiger charge is -2.07. The molecule has 1 unspecified atom stereocenters. The van der Waals surface area contributed by atoms with Crippen molar-refractivity contribution in [3.05, 3.63) is 65.1 Å². The summed E-state index contributed by atoms with van der Waals surface area (Å²) >= 11 is 0. The van der Waals surface area contributed by atoms with E-state index in [4.69, 9.17) is 10.00 Å². The minimum atomic E-state index is -1.15. The van der Waals surface area contributed by atoms with Gasteiger partial charge in [0.15, 0.2) is 0 Å². The topological polar surface area (TPSA) is 50.1 Å². The van der Waals surface area contributed by atoms with Crippen LogP contribution >= 0.6 is 0 Å². The molecule has 0 aromatic heterocycles. The maximum absolute atomic E-state index is 11.9. The summed E-state index contributed by atoms with van der Waals surface area (Å²) in [5.74, 6) is 1.22. The van der Waals surface area contributed by atoms with E-state index in [0.29, 0.717) is 17.1 Å². The Hall–Kier alpha value is -2.38. The van der Waals surface area contributed by atoms with Crippen LogP contribution in [-0.4, -0.2) is 4.21 Å². The highest BCUT2D eigenvalue weighted by Gasteiger charge is 2.21. The first-order chi connectivity index (χ1) is 9.28. The Labute approximate surface area is 113 Å². The van der Waals surface area contributed by atoms with Gasteiger partial charge in [-0.25, -0.2) is 4.21 Å². The Balaban J connectivity index is 1.91. The molecule has 1 aliphatic rings. The van der Waals surface area contributed by atoms with Crippen LogP contribution in [0.4, 0.5) is 0 Å². The zero-order chi connectivity index (χ0) is 13.2. The smallest absolute Gasteiger partial charge is 0.145 e. The van der Waals surface area contributed by atoms with E-state index in [1.807, 2.05) is 24.3 Å². The molecular weight excluding hydrogens is 258 g/mol. The van der Waals surface area contributed by atoms with Crippen LogP contribution in [0.3, 0.4) is 0 Å². The summed E-state index contributed by atoms with van der Waals surface area (Å²) < 4.78 is 17.6. The van der Waals surface area contributed by atoms with Gasteiger partial charge in [0, 0.05) is 5.56 Å². The fraction of sp³-hybridized carbons (Fsp3) is 0. The highest BCUT2D eigenvalue weighted by atomic mass is 32.2. The molecule has 19 heavy (non-hydrogen) atoms. The zero-order valence-electron chi connectivity index (χ0n) is 9.87. The summed E-state index contributed by atoms with van der Waals surface area (Å²) in [7, 11) is -1.15. The molecule has 1 aliphatic heterocycles. The molecule has 0 N–H and O–H groups in total. The molecule has 3 nitrogen and oxygen atoms in total. The third-order valence-corrected chi connectivity index (χ3v) is 4.01. The van der Waals surface area contributed by atoms with Crippen LogP contribution in [0.25, 0.3) is 5.76 Å². The first-order valence-corrected chi connectivity index (χ1v) is 6.89. The second kappa shape index (κ2) is 4.71. The minimum absolute atomic E-state index is 0.580. The van der Waals surface area contributed by atoms with E-state index in [1.165, 1.54) is 0 Å². The molecule has 0 aliphatic carbocycles. The van der Waals surface area contributed by atoms with Crippen LogP contribution in [-0.2, 0) is 10.8 Å². The fourth-order valence-electron chi connectivity index (χ4n) is 1.87. The molecule has 0 radical (unpaired) electrons. The largest absolute Gasteiger partial charge is 0.456 e. The number of fused-ring (bicyclic) bond motifs is 1. The SMILES string of the molecule is N#Cc1ccc(OC2=CS(=O)c3ccccc32)cc1. The van der Waals surface area contributed by atoms with Gasteiger partial charge in [0.2, 0.25) is 0 Å². The van der Waals surface area contributed by atoms with Gasteiger partial charge in [-0.1, -0.05) is 12.1 Å². The number of ether oxygens (including phenoxy) is 1. The maximum atomic E-state index is 11.9. The van der Waals surface area contributed by atoms with Crippen molar-refractivity contribution < 1.29 is 8.95 Å². The molecule has 2 aromatic carbocycles. The van der Waals surface area contributed by atoms with Crippen LogP contribution in [0.2, 0.25) is 0 Å². The monoisotopic (exact) mass is 267 g/mol. The number of nitriles is 1. The molecule has 92 valence electrons. The highest BCUT2D eigenvalue weighted by molar-refractivity contribution is 7.88. The average molecular weight is 267 g/mol. The molecule has 0 fully saturated rings. The normalized spacial score (nSPS) is 16.4. The quantitative estimate of drug-likeness (QED) is 0.840. The van der Waals surface area contributed by atoms with Gasteiger partial charge in [0.05, 0.1) is 32.7 Å². The van der Waals surface area contributed by atoms with E-state index in [2.05, 4.69) is 6.07 Å². The summed E-state index contributed by atoms with van der Waals surface area (Å²) in [5.41, 5.74) is 1.43. The third-order valence-electron chi connectivity index (χ3n) is 2.79. The van der Waals surface area contributed by atoms with Gasteiger partial charge < -0.3 is 4.74 Å². The summed E-state index contributed by atoms with van der Waals surface area (Å²) in [6.07, 6.45) is 0. The first kappa shape index (κ1) is 11.7. The van der Waals surface area contributed by atoms with Crippen LogP contribution in [0.15, 0.2) is 58.8 Å². The first-order valence-electron chi connectivity index (χ1n) is 5.68. The van der Waals surface area contributed by atoms with E-state index in [9.17, 15) is 4.21 Å². The number of hydrogen-bond donors (Lipinski definition) is 0. The molecule has 0 saturated carbocycles. The van der Waals surface area contributed by atoms with Crippen molar-refractivity contribution >= 4 is 16.6 Å². The fourth-order valence-corrected chi connectivity index (χ4v) is 2.97. The highest BCUT2D eigenvalue weighted by Crippen LogP contribution is 2.32. The molecule has 0 saturated heterocycles. The van der Waals surface area contributed by atoms with Gasteiger partial charge in [0.25, 0.3) is 0 Å². The predicted molar refractivity (Wildman–Crippen MR) is 72.6 cm³/mol. The molecule has 1 heterocycles. The van der Waals surface area contributed by atoms with Crippen LogP contribution < -0.4 is 4.74 Å². The summed E-state index contributed by atoms with van der Waals surface area (Å²) in [6.45, 7) is 0. The van der Waals surface area contributed by atoms with Gasteiger partial charge in [-0.2, -0.15) is 5.26 Å². The Morgan fingerprint density at radius 3 is 2.53 bits per heavy atom. The Bertz CT molecular complexity index is 727. The Morgan fingerprint density at radius 2 is 1.79 bits per heavy atom. The average Bonchev–Trinajstić information content (AvgIpc) is 2.77. The molecule has 2 aromatic rings. The lowest BCUT2D eigenvalue weighted by Crippen LogP contribution is -1.92. The molecule has 0 spiro atoms. The van der Waals surface area contributed by atoms with Crippen molar-refractivity contribution in [2.45, 2.75) is 4.90 Å². The van der Waals surface area contributed by atoms with Crippen molar-refractivity contribution in [2.75, 3.05) is 0 Å². The lowest BCUT2D eigenvalue weighted by atomic mass is 10.2. The van der Waals surface area contributed by atoms with Gasteiger partial charge in [-0.15, -0.1) is 0 Å². The van der Waals surface area contributed by atoms with Crippen LogP contribution in [0, 0.1) is 11.3 Å². The van der Waals surface area contributed by atoms with Crippen LogP contribution in [0.5, 0.6) is 5.75 Å². The minimum Gasteiger partial charge on any atom is -0.456 e. The van der Waals surface area contributed by atoms with Gasteiger partial charge >= 0.3 is 0 Å². The van der Waals surface area contributed by atoms with Gasteiger partial charge in [-0.3, -0.25) is 0 Å². The molecule has 3 rings (SSSR count). The number of rotatable bonds is 2.